The molecule has 0 radical (unpaired) electrons. The molecule has 0 aromatic heterocycles. The molecule has 0 N–H and O–H groups in total. The molecular formula is C15H19N. The van der Waals surface area contributed by atoms with E-state index >= 15 is 0 Å². The molecule has 0 saturated carbocycles. The van der Waals surface area contributed by atoms with Crippen LogP contribution in [0.15, 0.2) is 52.7 Å². The van der Waals surface area contributed by atoms with Crippen molar-refractivity contribution in [2.45, 2.75) is 27.7 Å². The minimum absolute atomic E-state index is 0.674. The molecule has 0 heterocycles. The van der Waals surface area contributed by atoms with Crippen LogP contribution < -0.4 is 0 Å². The first-order chi connectivity index (χ1) is 7.43. The molecule has 0 aromatic carbocycles. The van der Waals surface area contributed by atoms with Gasteiger partial charge >= 0.3 is 0 Å². The summed E-state index contributed by atoms with van der Waals surface area (Å²) in [5.74, 6) is 2.58. The van der Waals surface area contributed by atoms with E-state index in [9.17, 15) is 0 Å². The van der Waals surface area contributed by atoms with E-state index in [1.807, 2.05) is 33.8 Å². The van der Waals surface area contributed by atoms with Crippen LogP contribution in [-0.2, 0) is 0 Å². The molecular weight excluding hydrogens is 194 g/mol. The van der Waals surface area contributed by atoms with Crippen molar-refractivity contribution in [2.24, 2.45) is 4.99 Å². The highest BCUT2D eigenvalue weighted by Gasteiger charge is 2.05. The average Bonchev–Trinajstić information content (AvgIpc) is 2.27. The van der Waals surface area contributed by atoms with Crippen molar-refractivity contribution in [3.05, 3.63) is 47.7 Å². The predicted octanol–water partition coefficient (Wildman–Crippen LogP) is 4.06. The van der Waals surface area contributed by atoms with Crippen molar-refractivity contribution in [1.29, 1.82) is 0 Å². The highest BCUT2D eigenvalue weighted by atomic mass is 14.7. The van der Waals surface area contributed by atoms with Gasteiger partial charge in [-0.25, -0.2) is 0 Å². The Hall–Kier alpha value is -1.81. The zero-order valence-electron chi connectivity index (χ0n) is 10.6. The molecule has 0 aliphatic carbocycles. The molecule has 0 rings (SSSR count). The van der Waals surface area contributed by atoms with Crippen LogP contribution in [0.3, 0.4) is 0 Å². The Morgan fingerprint density at radius 3 is 2.12 bits per heavy atom. The number of allylic oxidation sites excluding steroid dienone is 5. The van der Waals surface area contributed by atoms with Gasteiger partial charge in [0, 0.05) is 17.5 Å². The van der Waals surface area contributed by atoms with Gasteiger partial charge in [-0.15, -0.1) is 6.42 Å². The smallest absolute Gasteiger partial charge is 0.0497 e. The maximum atomic E-state index is 5.43. The third-order valence-corrected chi connectivity index (χ3v) is 2.21. The minimum atomic E-state index is 0.674. The summed E-state index contributed by atoms with van der Waals surface area (Å²) in [5, 5.41) is 0. The molecule has 0 amide bonds. The average molecular weight is 213 g/mol. The molecule has 0 aliphatic rings. The molecule has 0 saturated heterocycles. The largest absolute Gasteiger partial charge is 0.265 e. The summed E-state index contributed by atoms with van der Waals surface area (Å²) in [6.45, 7) is 15.7. The van der Waals surface area contributed by atoms with E-state index in [1.165, 1.54) is 0 Å². The Bertz CT molecular complexity index is 419. The van der Waals surface area contributed by atoms with Gasteiger partial charge in [-0.3, -0.25) is 4.99 Å². The van der Waals surface area contributed by atoms with Gasteiger partial charge < -0.3 is 0 Å². The van der Waals surface area contributed by atoms with Crippen molar-refractivity contribution in [3.63, 3.8) is 0 Å². The normalized spacial score (nSPS) is 11.7. The molecule has 16 heavy (non-hydrogen) atoms. The van der Waals surface area contributed by atoms with Crippen molar-refractivity contribution in [3.8, 4) is 12.3 Å². The van der Waals surface area contributed by atoms with Crippen LogP contribution in [0.25, 0.3) is 0 Å². The molecule has 0 atom stereocenters. The SMILES string of the molecule is C#C/C(=C/N=C(C)C)C(=C)C(=C)/C(C)=C\C. The van der Waals surface area contributed by atoms with Gasteiger partial charge in [0.1, 0.15) is 0 Å². The number of hydrogen-bond donors (Lipinski definition) is 0. The Morgan fingerprint density at radius 2 is 1.75 bits per heavy atom. The molecule has 0 unspecified atom stereocenters. The van der Waals surface area contributed by atoms with Crippen LogP contribution in [0.1, 0.15) is 27.7 Å². The highest BCUT2D eigenvalue weighted by molar-refractivity contribution is 5.80. The van der Waals surface area contributed by atoms with Gasteiger partial charge in [0.25, 0.3) is 0 Å². The molecule has 0 aromatic rings. The number of rotatable bonds is 4. The summed E-state index contributed by atoms with van der Waals surface area (Å²) >= 11 is 0. The number of hydrogen-bond acceptors (Lipinski definition) is 1. The van der Waals surface area contributed by atoms with Crippen LogP contribution in [-0.4, -0.2) is 5.71 Å². The fourth-order valence-electron chi connectivity index (χ4n) is 0.971. The van der Waals surface area contributed by atoms with Gasteiger partial charge in [-0.05, 0) is 44.4 Å². The Morgan fingerprint density at radius 1 is 1.19 bits per heavy atom. The van der Waals surface area contributed by atoms with E-state index in [-0.39, 0.29) is 0 Å². The van der Waals surface area contributed by atoms with Gasteiger partial charge in [0.2, 0.25) is 0 Å². The first-order valence-corrected chi connectivity index (χ1v) is 5.13. The zero-order chi connectivity index (χ0) is 12.7. The Balaban J connectivity index is 5.12. The van der Waals surface area contributed by atoms with Gasteiger partial charge in [0.05, 0.1) is 0 Å². The quantitative estimate of drug-likeness (QED) is 0.379. The second-order valence-electron chi connectivity index (χ2n) is 3.69. The summed E-state index contributed by atoms with van der Waals surface area (Å²) in [4.78, 5) is 4.18. The van der Waals surface area contributed by atoms with E-state index in [0.717, 1.165) is 22.4 Å². The Labute approximate surface area is 99.0 Å². The van der Waals surface area contributed by atoms with Crippen LogP contribution in [0, 0.1) is 12.3 Å². The lowest BCUT2D eigenvalue weighted by Crippen LogP contribution is -1.92. The van der Waals surface area contributed by atoms with Crippen molar-refractivity contribution < 1.29 is 0 Å². The van der Waals surface area contributed by atoms with Crippen molar-refractivity contribution in [1.82, 2.24) is 0 Å². The maximum Gasteiger partial charge on any atom is 0.0497 e. The lowest BCUT2D eigenvalue weighted by Gasteiger charge is -2.08. The third-order valence-electron chi connectivity index (χ3n) is 2.21. The van der Waals surface area contributed by atoms with Gasteiger partial charge in [-0.2, -0.15) is 0 Å². The van der Waals surface area contributed by atoms with E-state index in [0.29, 0.717) is 5.57 Å². The lowest BCUT2D eigenvalue weighted by atomic mass is 9.96. The first kappa shape index (κ1) is 14.2. The summed E-state index contributed by atoms with van der Waals surface area (Å²) in [6, 6.07) is 0. The molecule has 1 heteroatoms. The fraction of sp³-hybridized carbons (Fsp3) is 0.267. The molecule has 0 aliphatic heterocycles. The fourth-order valence-corrected chi connectivity index (χ4v) is 0.971. The van der Waals surface area contributed by atoms with Gasteiger partial charge in [-0.1, -0.05) is 25.2 Å². The lowest BCUT2D eigenvalue weighted by molar-refractivity contribution is 1.34. The summed E-state index contributed by atoms with van der Waals surface area (Å²) in [5.41, 5.74) is 4.31. The van der Waals surface area contributed by atoms with Crippen molar-refractivity contribution >= 4 is 5.71 Å². The van der Waals surface area contributed by atoms with Crippen LogP contribution in [0.4, 0.5) is 0 Å². The number of aliphatic imine (C=N–C) groups is 1. The number of nitrogens with zero attached hydrogens (tertiary/aromatic N) is 1. The Kier molecular flexibility index (Phi) is 5.88. The highest BCUT2D eigenvalue weighted by Crippen LogP contribution is 2.21. The first-order valence-electron chi connectivity index (χ1n) is 5.13. The second-order valence-corrected chi connectivity index (χ2v) is 3.69. The summed E-state index contributed by atoms with van der Waals surface area (Å²) in [7, 11) is 0. The predicted molar refractivity (Wildman–Crippen MR) is 73.4 cm³/mol. The molecule has 0 spiro atoms. The van der Waals surface area contributed by atoms with E-state index < -0.39 is 0 Å². The molecule has 84 valence electrons. The van der Waals surface area contributed by atoms with E-state index in [2.05, 4.69) is 24.1 Å². The third kappa shape index (κ3) is 4.14. The zero-order valence-corrected chi connectivity index (χ0v) is 10.6. The molecule has 1 nitrogen and oxygen atoms in total. The number of terminal acetylenes is 1. The topological polar surface area (TPSA) is 12.4 Å². The van der Waals surface area contributed by atoms with E-state index in [1.54, 1.807) is 6.20 Å². The maximum absolute atomic E-state index is 5.43. The van der Waals surface area contributed by atoms with E-state index in [4.69, 9.17) is 6.42 Å². The standard InChI is InChI=1S/C15H19N/c1-8-12(5)13(6)14(7)15(9-2)10-16-11(3)4/h2,8,10H,6-7H2,1,3-5H3/b12-8-,15-10-. The van der Waals surface area contributed by atoms with Crippen molar-refractivity contribution in [2.75, 3.05) is 0 Å². The van der Waals surface area contributed by atoms with Crippen LogP contribution >= 0.6 is 0 Å². The van der Waals surface area contributed by atoms with Crippen LogP contribution in [0.5, 0.6) is 0 Å². The van der Waals surface area contributed by atoms with Crippen LogP contribution in [0.2, 0.25) is 0 Å². The monoisotopic (exact) mass is 213 g/mol. The summed E-state index contributed by atoms with van der Waals surface area (Å²) in [6.07, 6.45) is 9.07. The van der Waals surface area contributed by atoms with Gasteiger partial charge in [0.15, 0.2) is 0 Å². The second kappa shape index (κ2) is 6.63. The summed E-state index contributed by atoms with van der Waals surface area (Å²) < 4.78 is 0. The minimum Gasteiger partial charge on any atom is -0.265 e. The molecule has 0 fully saturated rings. The molecule has 0 bridgehead atoms.